The number of rotatable bonds is 6. The average molecular weight is 319 g/mol. The molecule has 3 nitrogen and oxygen atoms in total. The minimum Gasteiger partial charge on any atom is -0.478 e. The van der Waals surface area contributed by atoms with Gasteiger partial charge >= 0.3 is 12.1 Å². The molecule has 1 aliphatic carbocycles. The lowest BCUT2D eigenvalue weighted by molar-refractivity contribution is -0.120. The Morgan fingerprint density at radius 1 is 1.43 bits per heavy atom. The van der Waals surface area contributed by atoms with Crippen LogP contribution in [0.4, 0.5) is 18.9 Å². The van der Waals surface area contributed by atoms with Crippen molar-refractivity contribution in [3.05, 3.63) is 23.8 Å². The van der Waals surface area contributed by atoms with E-state index in [0.29, 0.717) is 23.5 Å². The molecular weight excluding hydrogens is 303 g/mol. The molecule has 0 spiro atoms. The van der Waals surface area contributed by atoms with E-state index in [4.69, 9.17) is 0 Å². The summed E-state index contributed by atoms with van der Waals surface area (Å²) in [6.07, 6.45) is -3.02. The van der Waals surface area contributed by atoms with Crippen LogP contribution in [0, 0.1) is 0 Å². The maximum absolute atomic E-state index is 12.8. The van der Waals surface area contributed by atoms with E-state index in [1.165, 1.54) is 22.7 Å². The van der Waals surface area contributed by atoms with Gasteiger partial charge < -0.3 is 10.0 Å². The molecule has 0 radical (unpaired) electrons. The van der Waals surface area contributed by atoms with Gasteiger partial charge in [0, 0.05) is 10.9 Å². The van der Waals surface area contributed by atoms with Crippen LogP contribution in [0.3, 0.4) is 0 Å². The number of carboxylic acids is 1. The molecule has 1 saturated carbocycles. The smallest absolute Gasteiger partial charge is 0.405 e. The number of nitrogens with zero attached hydrogens (tertiary/aromatic N) is 1. The Kier molecular flexibility index (Phi) is 4.70. The molecule has 0 saturated heterocycles. The van der Waals surface area contributed by atoms with E-state index in [1.54, 1.807) is 12.1 Å². The molecule has 0 heterocycles. The molecule has 0 bridgehead atoms. The molecule has 0 unspecified atom stereocenters. The molecule has 0 aromatic heterocycles. The van der Waals surface area contributed by atoms with Gasteiger partial charge in [-0.25, -0.2) is 4.79 Å². The fraction of sp³-hybridized carbons (Fsp3) is 0.500. The maximum atomic E-state index is 12.8. The zero-order chi connectivity index (χ0) is 15.6. The molecule has 0 amide bonds. The Morgan fingerprint density at radius 2 is 2.10 bits per heavy atom. The van der Waals surface area contributed by atoms with E-state index in [1.807, 2.05) is 6.92 Å². The lowest BCUT2D eigenvalue weighted by Gasteiger charge is -2.28. The van der Waals surface area contributed by atoms with E-state index >= 15 is 0 Å². The molecule has 0 aliphatic heterocycles. The van der Waals surface area contributed by atoms with E-state index in [0.717, 1.165) is 0 Å². The number of carboxylic acid groups (broad SMARTS) is 1. The van der Waals surface area contributed by atoms with Gasteiger partial charge in [0.05, 0.1) is 11.3 Å². The largest absolute Gasteiger partial charge is 0.478 e. The van der Waals surface area contributed by atoms with Crippen LogP contribution in [0.1, 0.15) is 30.1 Å². The molecular formula is C14H16F3NO2S. The molecule has 116 valence electrons. The van der Waals surface area contributed by atoms with Gasteiger partial charge in [-0.05, 0) is 30.7 Å². The number of benzene rings is 1. The molecule has 21 heavy (non-hydrogen) atoms. The standard InChI is InChI=1S/C14H16F3NO2S/c1-2-21-11-5-3-4-10(12(11)13(19)20)18(9-6-7-9)8-14(15,16)17/h3-5,9H,2,6-8H2,1H3,(H,19,20). The predicted octanol–water partition coefficient (Wildman–Crippen LogP) is 4.03. The van der Waals surface area contributed by atoms with Gasteiger partial charge in [-0.1, -0.05) is 13.0 Å². The van der Waals surface area contributed by atoms with Crippen LogP contribution in [0.5, 0.6) is 0 Å². The van der Waals surface area contributed by atoms with Crippen LogP contribution >= 0.6 is 11.8 Å². The van der Waals surface area contributed by atoms with Crippen LogP contribution in [0.25, 0.3) is 0 Å². The SMILES string of the molecule is CCSc1cccc(N(CC(F)(F)F)C2CC2)c1C(=O)O. The monoisotopic (exact) mass is 319 g/mol. The molecule has 1 aliphatic rings. The minimum absolute atomic E-state index is 0.0273. The number of alkyl halides is 3. The zero-order valence-corrected chi connectivity index (χ0v) is 12.3. The van der Waals surface area contributed by atoms with E-state index in [2.05, 4.69) is 0 Å². The first-order valence-corrected chi connectivity index (χ1v) is 7.64. The van der Waals surface area contributed by atoms with Crippen molar-refractivity contribution in [3.63, 3.8) is 0 Å². The first-order chi connectivity index (χ1) is 9.83. The first-order valence-electron chi connectivity index (χ1n) is 6.66. The second-order valence-corrected chi connectivity index (χ2v) is 6.17. The van der Waals surface area contributed by atoms with Gasteiger partial charge in [-0.3, -0.25) is 0 Å². The Balaban J connectivity index is 2.44. The molecule has 1 fully saturated rings. The second-order valence-electron chi connectivity index (χ2n) is 4.86. The fourth-order valence-corrected chi connectivity index (χ4v) is 3.06. The highest BCUT2D eigenvalue weighted by Crippen LogP contribution is 2.38. The van der Waals surface area contributed by atoms with Crippen molar-refractivity contribution in [3.8, 4) is 0 Å². The third kappa shape index (κ3) is 4.06. The van der Waals surface area contributed by atoms with E-state index in [9.17, 15) is 23.1 Å². The summed E-state index contributed by atoms with van der Waals surface area (Å²) in [5, 5.41) is 9.40. The molecule has 2 rings (SSSR count). The second kappa shape index (κ2) is 6.17. The number of anilines is 1. The Morgan fingerprint density at radius 3 is 2.57 bits per heavy atom. The number of halogens is 3. The Bertz CT molecular complexity index is 529. The first kappa shape index (κ1) is 16.0. The van der Waals surface area contributed by atoms with Gasteiger partial charge in [-0.2, -0.15) is 13.2 Å². The van der Waals surface area contributed by atoms with E-state index < -0.39 is 18.7 Å². The van der Waals surface area contributed by atoms with Crippen molar-refractivity contribution in [2.75, 3.05) is 17.2 Å². The number of hydrogen-bond donors (Lipinski definition) is 1. The fourth-order valence-electron chi connectivity index (χ4n) is 2.24. The summed E-state index contributed by atoms with van der Waals surface area (Å²) in [6.45, 7) is 0.759. The van der Waals surface area contributed by atoms with Crippen molar-refractivity contribution in [2.45, 2.75) is 36.9 Å². The topological polar surface area (TPSA) is 40.5 Å². The number of aromatic carboxylic acids is 1. The molecule has 1 aromatic carbocycles. The van der Waals surface area contributed by atoms with Crippen molar-refractivity contribution < 1.29 is 23.1 Å². The van der Waals surface area contributed by atoms with Crippen LogP contribution in [0.15, 0.2) is 23.1 Å². The number of carbonyl (C=O) groups is 1. The highest BCUT2D eigenvalue weighted by Gasteiger charge is 2.39. The summed E-state index contributed by atoms with van der Waals surface area (Å²) in [4.78, 5) is 13.2. The van der Waals surface area contributed by atoms with Crippen molar-refractivity contribution in [2.24, 2.45) is 0 Å². The average Bonchev–Trinajstić information content (AvgIpc) is 3.19. The van der Waals surface area contributed by atoms with Gasteiger partial charge in [0.25, 0.3) is 0 Å². The zero-order valence-electron chi connectivity index (χ0n) is 11.5. The summed E-state index contributed by atoms with van der Waals surface area (Å²) in [7, 11) is 0. The van der Waals surface area contributed by atoms with E-state index in [-0.39, 0.29) is 17.3 Å². The third-order valence-electron chi connectivity index (χ3n) is 3.16. The number of thioether (sulfide) groups is 1. The molecule has 1 N–H and O–H groups in total. The van der Waals surface area contributed by atoms with Crippen LogP contribution in [0.2, 0.25) is 0 Å². The van der Waals surface area contributed by atoms with Crippen LogP contribution in [-0.4, -0.2) is 35.6 Å². The lowest BCUT2D eigenvalue weighted by Crippen LogP contribution is -2.37. The molecule has 0 atom stereocenters. The Labute approximate surface area is 125 Å². The van der Waals surface area contributed by atoms with Crippen LogP contribution in [-0.2, 0) is 0 Å². The van der Waals surface area contributed by atoms with Crippen molar-refractivity contribution in [1.29, 1.82) is 0 Å². The summed E-state index contributed by atoms with van der Waals surface area (Å²) in [5.74, 6) is -0.527. The highest BCUT2D eigenvalue weighted by atomic mass is 32.2. The van der Waals surface area contributed by atoms with Crippen LogP contribution < -0.4 is 4.90 Å². The number of hydrogen-bond acceptors (Lipinski definition) is 3. The highest BCUT2D eigenvalue weighted by molar-refractivity contribution is 7.99. The Hall–Kier alpha value is -1.37. The van der Waals surface area contributed by atoms with Gasteiger partial charge in [0.15, 0.2) is 0 Å². The molecule has 7 heteroatoms. The van der Waals surface area contributed by atoms with Crippen molar-refractivity contribution >= 4 is 23.4 Å². The summed E-state index contributed by atoms with van der Waals surface area (Å²) < 4.78 is 38.3. The normalized spacial score (nSPS) is 15.0. The van der Waals surface area contributed by atoms with Crippen molar-refractivity contribution in [1.82, 2.24) is 0 Å². The van der Waals surface area contributed by atoms with Gasteiger partial charge in [0.1, 0.15) is 6.54 Å². The summed E-state index contributed by atoms with van der Waals surface area (Å²) in [6, 6.07) is 4.50. The predicted molar refractivity (Wildman–Crippen MR) is 76.2 cm³/mol. The van der Waals surface area contributed by atoms with Gasteiger partial charge in [-0.15, -0.1) is 11.8 Å². The summed E-state index contributed by atoms with van der Waals surface area (Å²) in [5.41, 5.74) is 0.140. The maximum Gasteiger partial charge on any atom is 0.405 e. The lowest BCUT2D eigenvalue weighted by atomic mass is 10.1. The molecule has 1 aromatic rings. The van der Waals surface area contributed by atoms with Gasteiger partial charge in [0.2, 0.25) is 0 Å². The summed E-state index contributed by atoms with van der Waals surface area (Å²) >= 11 is 1.32. The third-order valence-corrected chi connectivity index (χ3v) is 4.10. The quantitative estimate of drug-likeness (QED) is 0.804. The minimum atomic E-state index is -4.35.